The first-order chi connectivity index (χ1) is 19.6. The summed E-state index contributed by atoms with van der Waals surface area (Å²) in [6.07, 6.45) is 3.94. The molecule has 2 aromatic rings. The van der Waals surface area contributed by atoms with Gasteiger partial charge in [-0.05, 0) is 37.0 Å². The number of likely N-dealkylation sites (N-methyl/N-ethyl adjacent to an activating group) is 1. The first-order valence-corrected chi connectivity index (χ1v) is 14.2. The number of ether oxygens (including phenoxy) is 2. The lowest BCUT2D eigenvalue weighted by Gasteiger charge is -2.37. The lowest BCUT2D eigenvalue weighted by Crippen LogP contribution is -2.45. The quantitative estimate of drug-likeness (QED) is 0.457. The van der Waals surface area contributed by atoms with Crippen molar-refractivity contribution in [3.63, 3.8) is 0 Å². The molecule has 1 aromatic heterocycles. The van der Waals surface area contributed by atoms with Crippen LogP contribution < -0.4 is 25.7 Å². The van der Waals surface area contributed by atoms with Gasteiger partial charge in [0, 0.05) is 64.3 Å². The summed E-state index contributed by atoms with van der Waals surface area (Å²) in [5.41, 5.74) is 2.00. The Morgan fingerprint density at radius 2 is 1.88 bits per heavy atom. The smallest absolute Gasteiger partial charge is 0.293 e. The SMILES string of the molecule is CCC1=CC(Cl)C(Nc2cc(OC)c3c(c2)cc(OCC(=O)NC)c(=O)n3C)N=C1N1CCC(C(=O)N(C)C)CC1. The monoisotopic (exact) mass is 586 g/mol. The predicted octanol–water partition coefficient (Wildman–Crippen LogP) is 2.57. The van der Waals surface area contributed by atoms with Crippen LogP contribution in [0.1, 0.15) is 26.2 Å². The number of dihydropyridines is 1. The van der Waals surface area contributed by atoms with Gasteiger partial charge in [0.15, 0.2) is 12.4 Å². The number of piperidine rings is 1. The predicted molar refractivity (Wildman–Crippen MR) is 161 cm³/mol. The number of methoxy groups -OCH3 is 1. The Hall–Kier alpha value is -3.73. The summed E-state index contributed by atoms with van der Waals surface area (Å²) in [7, 11) is 8.28. The average Bonchev–Trinajstić information content (AvgIpc) is 2.97. The van der Waals surface area contributed by atoms with Gasteiger partial charge in [-0.15, -0.1) is 11.6 Å². The average molecular weight is 587 g/mol. The molecule has 0 radical (unpaired) electrons. The molecule has 3 heterocycles. The van der Waals surface area contributed by atoms with Crippen LogP contribution in [0.4, 0.5) is 5.69 Å². The van der Waals surface area contributed by atoms with E-state index >= 15 is 0 Å². The molecule has 2 atom stereocenters. The van der Waals surface area contributed by atoms with Gasteiger partial charge in [0.05, 0.1) is 18.0 Å². The Labute approximate surface area is 245 Å². The maximum atomic E-state index is 12.9. The van der Waals surface area contributed by atoms with E-state index in [1.807, 2.05) is 18.2 Å². The van der Waals surface area contributed by atoms with Crippen LogP contribution in [-0.4, -0.2) is 91.5 Å². The zero-order valence-corrected chi connectivity index (χ0v) is 25.2. The Kier molecular flexibility index (Phi) is 9.47. The largest absolute Gasteiger partial charge is 0.494 e. The van der Waals surface area contributed by atoms with Gasteiger partial charge in [-0.1, -0.05) is 13.0 Å². The molecule has 1 aromatic carbocycles. The van der Waals surface area contributed by atoms with Crippen molar-refractivity contribution in [1.29, 1.82) is 0 Å². The van der Waals surface area contributed by atoms with Gasteiger partial charge in [-0.25, -0.2) is 4.99 Å². The fourth-order valence-corrected chi connectivity index (χ4v) is 5.59. The van der Waals surface area contributed by atoms with E-state index in [4.69, 9.17) is 26.1 Å². The van der Waals surface area contributed by atoms with Gasteiger partial charge in [0.2, 0.25) is 5.91 Å². The molecule has 0 saturated carbocycles. The van der Waals surface area contributed by atoms with Gasteiger partial charge in [0.25, 0.3) is 11.5 Å². The van der Waals surface area contributed by atoms with E-state index in [9.17, 15) is 14.4 Å². The van der Waals surface area contributed by atoms with Crippen LogP contribution in [-0.2, 0) is 16.6 Å². The van der Waals surface area contributed by atoms with Crippen LogP contribution in [0.3, 0.4) is 0 Å². The van der Waals surface area contributed by atoms with Crippen molar-refractivity contribution in [3.05, 3.63) is 40.2 Å². The summed E-state index contributed by atoms with van der Waals surface area (Å²) in [6.45, 7) is 3.31. The van der Waals surface area contributed by atoms with Crippen molar-refractivity contribution in [2.24, 2.45) is 18.0 Å². The number of nitrogens with one attached hydrogen (secondary N) is 2. The number of amides is 2. The Bertz CT molecular complexity index is 1430. The minimum absolute atomic E-state index is 0.0282. The summed E-state index contributed by atoms with van der Waals surface area (Å²) >= 11 is 6.81. The van der Waals surface area contributed by atoms with E-state index in [-0.39, 0.29) is 35.6 Å². The second-order valence-corrected chi connectivity index (χ2v) is 11.0. The van der Waals surface area contributed by atoms with Gasteiger partial charge >= 0.3 is 0 Å². The number of anilines is 1. The van der Waals surface area contributed by atoms with Gasteiger partial charge in [-0.2, -0.15) is 0 Å². The molecule has 1 fully saturated rings. The summed E-state index contributed by atoms with van der Waals surface area (Å²) in [5, 5.41) is 6.21. The molecule has 2 aliphatic rings. The van der Waals surface area contributed by atoms with Crippen molar-refractivity contribution in [1.82, 2.24) is 19.7 Å². The molecule has 11 nitrogen and oxygen atoms in total. The molecule has 0 bridgehead atoms. The van der Waals surface area contributed by atoms with E-state index in [0.717, 1.165) is 43.8 Å². The molecule has 4 rings (SSSR count). The zero-order chi connectivity index (χ0) is 29.8. The number of carbonyl (C=O) groups is 2. The highest BCUT2D eigenvalue weighted by Gasteiger charge is 2.32. The molecule has 1 saturated heterocycles. The number of rotatable bonds is 8. The molecule has 2 unspecified atom stereocenters. The number of amidine groups is 1. The minimum atomic E-state index is -0.457. The molecule has 222 valence electrons. The molecular weight excluding hydrogens is 548 g/mol. The number of aliphatic imine (C=N–C) groups is 1. The van der Waals surface area contributed by atoms with E-state index in [1.54, 1.807) is 39.2 Å². The summed E-state index contributed by atoms with van der Waals surface area (Å²) in [5.74, 6) is 1.31. The fraction of sp³-hybridized carbons (Fsp3) is 0.517. The highest BCUT2D eigenvalue weighted by molar-refractivity contribution is 6.23. The summed E-state index contributed by atoms with van der Waals surface area (Å²) in [4.78, 5) is 46.0. The van der Waals surface area contributed by atoms with E-state index in [0.29, 0.717) is 22.3 Å². The van der Waals surface area contributed by atoms with Crippen molar-refractivity contribution in [2.75, 3.05) is 53.3 Å². The third kappa shape index (κ3) is 6.45. The maximum Gasteiger partial charge on any atom is 0.293 e. The molecule has 2 N–H and O–H groups in total. The van der Waals surface area contributed by atoms with Crippen LogP contribution in [0.25, 0.3) is 10.9 Å². The Morgan fingerprint density at radius 1 is 1.17 bits per heavy atom. The number of hydrogen-bond donors (Lipinski definition) is 2. The number of nitrogens with zero attached hydrogens (tertiary/aromatic N) is 4. The van der Waals surface area contributed by atoms with E-state index < -0.39 is 11.5 Å². The Balaban J connectivity index is 1.62. The third-order valence-corrected chi connectivity index (χ3v) is 7.95. The normalized spacial score (nSPS) is 19.3. The lowest BCUT2D eigenvalue weighted by atomic mass is 9.94. The molecule has 0 spiro atoms. The second kappa shape index (κ2) is 12.8. The number of aromatic nitrogens is 1. The second-order valence-electron chi connectivity index (χ2n) is 10.5. The minimum Gasteiger partial charge on any atom is -0.494 e. The highest BCUT2D eigenvalue weighted by atomic mass is 35.5. The zero-order valence-electron chi connectivity index (χ0n) is 24.5. The van der Waals surface area contributed by atoms with Gasteiger partial charge in [0.1, 0.15) is 17.8 Å². The number of carbonyl (C=O) groups excluding carboxylic acids is 2. The molecule has 2 aliphatic heterocycles. The molecule has 0 aliphatic carbocycles. The van der Waals surface area contributed by atoms with Crippen LogP contribution in [0.5, 0.6) is 11.5 Å². The van der Waals surface area contributed by atoms with Crippen molar-refractivity contribution >= 4 is 45.8 Å². The van der Waals surface area contributed by atoms with Crippen LogP contribution in [0, 0.1) is 5.92 Å². The summed E-state index contributed by atoms with van der Waals surface area (Å²) < 4.78 is 12.6. The van der Waals surface area contributed by atoms with Crippen molar-refractivity contribution in [3.8, 4) is 11.5 Å². The Morgan fingerprint density at radius 3 is 2.49 bits per heavy atom. The van der Waals surface area contributed by atoms with E-state index in [1.165, 1.54) is 11.6 Å². The molecular formula is C29H39ClN6O5. The molecule has 12 heteroatoms. The van der Waals surface area contributed by atoms with Crippen LogP contribution >= 0.6 is 11.6 Å². The van der Waals surface area contributed by atoms with E-state index in [2.05, 4.69) is 22.5 Å². The third-order valence-electron chi connectivity index (χ3n) is 7.59. The van der Waals surface area contributed by atoms with Crippen molar-refractivity contribution in [2.45, 2.75) is 37.7 Å². The lowest BCUT2D eigenvalue weighted by molar-refractivity contribution is -0.134. The maximum absolute atomic E-state index is 12.9. The number of halogens is 1. The number of likely N-dealkylation sites (tertiary alicyclic amines) is 1. The van der Waals surface area contributed by atoms with Gasteiger partial charge < -0.3 is 34.5 Å². The number of pyridine rings is 1. The fourth-order valence-electron chi connectivity index (χ4n) is 5.32. The highest BCUT2D eigenvalue weighted by Crippen LogP contribution is 2.33. The number of alkyl halides is 1. The number of benzene rings is 1. The molecule has 2 amide bonds. The van der Waals surface area contributed by atoms with Crippen LogP contribution in [0.2, 0.25) is 0 Å². The van der Waals surface area contributed by atoms with Crippen molar-refractivity contribution < 1.29 is 19.1 Å². The first-order valence-electron chi connectivity index (χ1n) is 13.8. The number of fused-ring (bicyclic) bond motifs is 1. The van der Waals surface area contributed by atoms with Crippen LogP contribution in [0.15, 0.2) is 39.6 Å². The number of aryl methyl sites for hydroxylation is 1. The topological polar surface area (TPSA) is 117 Å². The molecule has 41 heavy (non-hydrogen) atoms. The van der Waals surface area contributed by atoms with Gasteiger partial charge in [-0.3, -0.25) is 14.4 Å². The standard InChI is InChI=1S/C29H39ClN6O5/c1-7-17-13-21(30)26(33-27(17)36-10-8-18(9-11-36)28(38)34(3)4)32-20-12-19-14-23(41-16-24(37)31-2)29(39)35(5)25(19)22(15-20)40-6/h12-15,18,21,26,32H,7-11,16H2,1-6H3,(H,31,37). The number of hydrogen-bond acceptors (Lipinski definition) is 8. The first kappa shape index (κ1) is 30.2. The summed E-state index contributed by atoms with van der Waals surface area (Å²) in [6, 6.07) is 5.29.